The Morgan fingerprint density at radius 1 is 1.24 bits per heavy atom. The highest BCUT2D eigenvalue weighted by Gasteiger charge is 2.61. The van der Waals surface area contributed by atoms with Gasteiger partial charge in [0.25, 0.3) is 0 Å². The number of nitriles is 1. The molecule has 1 N–H and O–H groups in total. The van der Waals surface area contributed by atoms with Crippen LogP contribution in [0, 0.1) is 28.6 Å². The quantitative estimate of drug-likeness (QED) is 0.459. The van der Waals surface area contributed by atoms with Gasteiger partial charge in [0, 0.05) is 5.56 Å². The number of phenolic OH excluding ortho intramolecular Hbond substituents is 1. The molecule has 0 heterocycles. The molecule has 0 amide bonds. The first kappa shape index (κ1) is 21.4. The smallest absolute Gasteiger partial charge is 0.311 e. The highest BCUT2D eigenvalue weighted by molar-refractivity contribution is 9.28. The molecule has 3 rings (SSSR count). The van der Waals surface area contributed by atoms with Gasteiger partial charge in [-0.15, -0.1) is 0 Å². The third-order valence-electron chi connectivity index (χ3n) is 5.08. The van der Waals surface area contributed by atoms with Crippen LogP contribution in [-0.4, -0.2) is 11.1 Å². The Labute approximate surface area is 186 Å². The Hall–Kier alpha value is -2.30. The van der Waals surface area contributed by atoms with Crippen molar-refractivity contribution in [2.45, 2.75) is 20.0 Å². The average Bonchev–Trinajstić information content (AvgIpc) is 3.21. The van der Waals surface area contributed by atoms with E-state index in [2.05, 4.69) is 31.9 Å². The maximum Gasteiger partial charge on any atom is 0.311 e. The van der Waals surface area contributed by atoms with E-state index in [0.29, 0.717) is 11.3 Å². The van der Waals surface area contributed by atoms with Gasteiger partial charge in [-0.3, -0.25) is 4.79 Å². The second-order valence-electron chi connectivity index (χ2n) is 7.37. The van der Waals surface area contributed by atoms with Gasteiger partial charge in [0.2, 0.25) is 6.10 Å². The van der Waals surface area contributed by atoms with Gasteiger partial charge in [-0.25, -0.2) is 0 Å². The van der Waals surface area contributed by atoms with Crippen LogP contribution in [0.3, 0.4) is 0 Å². The van der Waals surface area contributed by atoms with Crippen LogP contribution >= 0.6 is 31.9 Å². The summed E-state index contributed by atoms with van der Waals surface area (Å²) in [5.74, 6) is -0.0969. The van der Waals surface area contributed by atoms with Gasteiger partial charge in [-0.2, -0.15) is 5.26 Å². The zero-order chi connectivity index (χ0) is 21.2. The first-order valence-corrected chi connectivity index (χ1v) is 10.5. The van der Waals surface area contributed by atoms with Crippen molar-refractivity contribution in [3.8, 4) is 23.3 Å². The summed E-state index contributed by atoms with van der Waals surface area (Å²) in [6.45, 7) is 3.97. The van der Waals surface area contributed by atoms with E-state index in [-0.39, 0.29) is 28.7 Å². The molecule has 3 atom stereocenters. The van der Waals surface area contributed by atoms with Crippen molar-refractivity contribution in [1.82, 2.24) is 0 Å². The molecule has 1 fully saturated rings. The molecule has 2 aromatic carbocycles. The number of phenols is 1. The Balaban J connectivity index is 1.77. The van der Waals surface area contributed by atoms with Crippen LogP contribution in [0.1, 0.15) is 25.5 Å². The summed E-state index contributed by atoms with van der Waals surface area (Å²) >= 11 is 6.64. The lowest BCUT2D eigenvalue weighted by Crippen LogP contribution is -2.14. The number of allylic oxidation sites excluding steroid dienone is 1. The monoisotopic (exact) mass is 519 g/mol. The van der Waals surface area contributed by atoms with Crippen molar-refractivity contribution in [2.24, 2.45) is 17.3 Å². The lowest BCUT2D eigenvalue weighted by atomic mass is 10.1. The summed E-state index contributed by atoms with van der Waals surface area (Å²) in [6, 6.07) is 15.4. The molecule has 7 heteroatoms. The minimum Gasteiger partial charge on any atom is -0.504 e. The normalized spacial score (nSPS) is 20.1. The lowest BCUT2D eigenvalue weighted by Gasteiger charge is -2.14. The average molecular weight is 521 g/mol. The summed E-state index contributed by atoms with van der Waals surface area (Å²) in [4.78, 5) is 12.7. The number of rotatable bonds is 6. The molecular formula is C22H19Br2NO4. The number of carbonyl (C=O) groups is 1. The van der Waals surface area contributed by atoms with Gasteiger partial charge in [0.05, 0.1) is 9.31 Å². The molecule has 0 aromatic heterocycles. The Morgan fingerprint density at radius 3 is 2.55 bits per heavy atom. The van der Waals surface area contributed by atoms with Crippen molar-refractivity contribution in [3.63, 3.8) is 0 Å². The molecule has 0 aliphatic heterocycles. The summed E-state index contributed by atoms with van der Waals surface area (Å²) in [5, 5.41) is 19.7. The van der Waals surface area contributed by atoms with Crippen LogP contribution in [0.25, 0.3) is 0 Å². The summed E-state index contributed by atoms with van der Waals surface area (Å²) in [5.41, 5.74) is 0.178. The number of aromatic hydroxyl groups is 1. The molecule has 0 saturated heterocycles. The fourth-order valence-corrected chi connectivity index (χ4v) is 3.89. The van der Waals surface area contributed by atoms with E-state index in [1.807, 2.05) is 44.2 Å². The lowest BCUT2D eigenvalue weighted by molar-refractivity contribution is -0.149. The largest absolute Gasteiger partial charge is 0.504 e. The van der Waals surface area contributed by atoms with Crippen molar-refractivity contribution < 1.29 is 19.4 Å². The zero-order valence-corrected chi connectivity index (χ0v) is 19.0. The molecule has 150 valence electrons. The molecule has 1 aliphatic carbocycles. The highest BCUT2D eigenvalue weighted by Crippen LogP contribution is 2.60. The van der Waals surface area contributed by atoms with Gasteiger partial charge in [-0.05, 0) is 67.5 Å². The number of carbonyl (C=O) groups excluding carboxylic acids is 1. The highest BCUT2D eigenvalue weighted by atomic mass is 79.9. The van der Waals surface area contributed by atoms with E-state index in [1.165, 1.54) is 12.1 Å². The molecule has 0 bridgehead atoms. The molecule has 5 nitrogen and oxygen atoms in total. The van der Waals surface area contributed by atoms with E-state index in [0.717, 1.165) is 3.39 Å². The zero-order valence-electron chi connectivity index (χ0n) is 15.8. The van der Waals surface area contributed by atoms with Crippen LogP contribution < -0.4 is 4.74 Å². The van der Waals surface area contributed by atoms with E-state index < -0.39 is 12.1 Å². The van der Waals surface area contributed by atoms with E-state index in [1.54, 1.807) is 18.2 Å². The first-order valence-electron chi connectivity index (χ1n) is 8.92. The van der Waals surface area contributed by atoms with Gasteiger partial charge in [0.1, 0.15) is 11.8 Å². The predicted molar refractivity (Wildman–Crippen MR) is 116 cm³/mol. The number of hydrogen-bond donors (Lipinski definition) is 1. The second-order valence-corrected chi connectivity index (χ2v) is 10.1. The van der Waals surface area contributed by atoms with Gasteiger partial charge in [-0.1, -0.05) is 44.2 Å². The Kier molecular flexibility index (Phi) is 6.35. The number of nitrogens with zero attached hydrogens (tertiary/aromatic N) is 1. The minimum absolute atomic E-state index is 0.0138. The Bertz CT molecular complexity index is 978. The number of esters is 1. The molecular weight excluding hydrogens is 502 g/mol. The van der Waals surface area contributed by atoms with Crippen LogP contribution in [0.15, 0.2) is 58.0 Å². The molecule has 1 saturated carbocycles. The Morgan fingerprint density at radius 2 is 1.93 bits per heavy atom. The summed E-state index contributed by atoms with van der Waals surface area (Å²) in [7, 11) is 0. The fraction of sp³-hybridized carbons (Fsp3) is 0.273. The number of halogens is 2. The molecule has 2 aromatic rings. The second kappa shape index (κ2) is 8.60. The maximum atomic E-state index is 12.7. The van der Waals surface area contributed by atoms with Crippen LogP contribution in [0.2, 0.25) is 0 Å². The summed E-state index contributed by atoms with van der Waals surface area (Å²) < 4.78 is 12.0. The third kappa shape index (κ3) is 4.82. The van der Waals surface area contributed by atoms with Crippen molar-refractivity contribution in [3.05, 3.63) is 63.6 Å². The molecule has 0 radical (unpaired) electrons. The fourth-order valence-electron chi connectivity index (χ4n) is 3.32. The number of para-hydroxylation sites is 1. The van der Waals surface area contributed by atoms with Crippen molar-refractivity contribution in [1.29, 1.82) is 5.26 Å². The van der Waals surface area contributed by atoms with E-state index >= 15 is 0 Å². The van der Waals surface area contributed by atoms with E-state index in [4.69, 9.17) is 9.47 Å². The van der Waals surface area contributed by atoms with Crippen LogP contribution in [-0.2, 0) is 9.53 Å². The molecule has 29 heavy (non-hydrogen) atoms. The SMILES string of the molecule is CC1(C)[C@H](C(=O)O[C@H](C#N)c2ccc(O)c(Oc3ccccc3)c2)[C@@H]1C=C(Br)Br. The van der Waals surface area contributed by atoms with E-state index in [9.17, 15) is 15.2 Å². The van der Waals surface area contributed by atoms with Crippen molar-refractivity contribution in [2.75, 3.05) is 0 Å². The molecule has 0 spiro atoms. The number of ether oxygens (including phenoxy) is 2. The maximum absolute atomic E-state index is 12.7. The van der Waals surface area contributed by atoms with Gasteiger partial charge in [0.15, 0.2) is 11.5 Å². The predicted octanol–water partition coefficient (Wildman–Crippen LogP) is 6.20. The van der Waals surface area contributed by atoms with Gasteiger partial charge >= 0.3 is 5.97 Å². The number of hydrogen-bond acceptors (Lipinski definition) is 5. The topological polar surface area (TPSA) is 79.6 Å². The van der Waals surface area contributed by atoms with Crippen molar-refractivity contribution >= 4 is 37.8 Å². The standard InChI is InChI=1S/C22H19Br2NO4/c1-22(2)15(11-19(23)24)20(22)21(27)29-18(12-25)13-8-9-16(26)17(10-13)28-14-6-4-3-5-7-14/h3-11,15,18,20,26H,1-2H3/t15-,18+,20-/m0/s1. The van der Waals surface area contributed by atoms with Crippen LogP contribution in [0.5, 0.6) is 17.2 Å². The summed E-state index contributed by atoms with van der Waals surface area (Å²) in [6.07, 6.45) is 0.814. The van der Waals surface area contributed by atoms with Crippen LogP contribution in [0.4, 0.5) is 0 Å². The molecule has 1 aliphatic rings. The third-order valence-corrected chi connectivity index (χ3v) is 5.61. The minimum atomic E-state index is -1.10. The first-order chi connectivity index (χ1) is 13.7. The molecule has 0 unspecified atom stereocenters. The van der Waals surface area contributed by atoms with Gasteiger partial charge < -0.3 is 14.6 Å². The number of benzene rings is 2.